The molecule has 0 aliphatic rings. The second-order valence-corrected chi connectivity index (χ2v) is 6.72. The van der Waals surface area contributed by atoms with E-state index < -0.39 is 0 Å². The molecule has 2 aromatic rings. The van der Waals surface area contributed by atoms with Gasteiger partial charge < -0.3 is 5.11 Å². The summed E-state index contributed by atoms with van der Waals surface area (Å²) in [6, 6.07) is 14.6. The molecule has 0 aliphatic heterocycles. The van der Waals surface area contributed by atoms with E-state index in [9.17, 15) is 0 Å². The van der Waals surface area contributed by atoms with Crippen molar-refractivity contribution in [2.24, 2.45) is 0 Å². The Morgan fingerprint density at radius 1 is 1.11 bits per heavy atom. The van der Waals surface area contributed by atoms with Crippen LogP contribution in [0.25, 0.3) is 0 Å². The van der Waals surface area contributed by atoms with Crippen LogP contribution in [0.15, 0.2) is 56.7 Å². The van der Waals surface area contributed by atoms with Crippen LogP contribution in [-0.2, 0) is 6.61 Å². The summed E-state index contributed by atoms with van der Waals surface area (Å²) >= 11 is 5.28. The lowest BCUT2D eigenvalue weighted by molar-refractivity contribution is 0.281. The monoisotopic (exact) mass is 336 g/mol. The Labute approximate surface area is 127 Å². The fraction of sp³-hybridized carbons (Fsp3) is 0.250. The summed E-state index contributed by atoms with van der Waals surface area (Å²) in [7, 11) is 0. The van der Waals surface area contributed by atoms with Crippen LogP contribution >= 0.6 is 27.7 Å². The van der Waals surface area contributed by atoms with Crippen LogP contribution < -0.4 is 0 Å². The highest BCUT2D eigenvalue weighted by atomic mass is 79.9. The first-order valence-corrected chi connectivity index (χ1v) is 7.88. The van der Waals surface area contributed by atoms with E-state index in [4.69, 9.17) is 5.11 Å². The highest BCUT2D eigenvalue weighted by Gasteiger charge is 2.05. The van der Waals surface area contributed by atoms with Crippen molar-refractivity contribution in [1.29, 1.82) is 0 Å². The smallest absolute Gasteiger partial charge is 0.0682 e. The average molecular weight is 337 g/mol. The van der Waals surface area contributed by atoms with Crippen molar-refractivity contribution < 1.29 is 5.11 Å². The summed E-state index contributed by atoms with van der Waals surface area (Å²) in [5.41, 5.74) is 2.28. The molecule has 1 nitrogen and oxygen atoms in total. The van der Waals surface area contributed by atoms with Crippen LogP contribution in [0, 0.1) is 0 Å². The third-order valence-corrected chi connectivity index (χ3v) is 4.96. The van der Waals surface area contributed by atoms with Gasteiger partial charge in [0.25, 0.3) is 0 Å². The van der Waals surface area contributed by atoms with E-state index in [0.29, 0.717) is 5.92 Å². The van der Waals surface area contributed by atoms with Gasteiger partial charge in [-0.25, -0.2) is 0 Å². The normalized spacial score (nSPS) is 11.0. The van der Waals surface area contributed by atoms with Crippen LogP contribution in [0.4, 0.5) is 0 Å². The SMILES string of the molecule is CC(C)c1ccc(Sc2ccc(CO)cc2Br)cc1. The van der Waals surface area contributed by atoms with Crippen molar-refractivity contribution in [2.45, 2.75) is 36.2 Å². The van der Waals surface area contributed by atoms with Gasteiger partial charge in [-0.05, 0) is 57.2 Å². The molecule has 0 saturated heterocycles. The molecule has 0 spiro atoms. The fourth-order valence-corrected chi connectivity index (χ4v) is 3.26. The number of benzene rings is 2. The fourth-order valence-electron chi connectivity index (χ4n) is 1.77. The Hall–Kier alpha value is -0.770. The molecule has 100 valence electrons. The van der Waals surface area contributed by atoms with Crippen molar-refractivity contribution in [3.63, 3.8) is 0 Å². The van der Waals surface area contributed by atoms with Crippen LogP contribution in [-0.4, -0.2) is 5.11 Å². The first-order valence-electron chi connectivity index (χ1n) is 6.27. The molecular formula is C16H17BrOS. The Morgan fingerprint density at radius 2 is 1.79 bits per heavy atom. The summed E-state index contributed by atoms with van der Waals surface area (Å²) in [6.07, 6.45) is 0. The number of aliphatic hydroxyl groups excluding tert-OH is 1. The van der Waals surface area contributed by atoms with Gasteiger partial charge in [0.1, 0.15) is 0 Å². The largest absolute Gasteiger partial charge is 0.392 e. The quantitative estimate of drug-likeness (QED) is 0.826. The van der Waals surface area contributed by atoms with E-state index in [-0.39, 0.29) is 6.61 Å². The first-order chi connectivity index (χ1) is 9.10. The topological polar surface area (TPSA) is 20.2 Å². The van der Waals surface area contributed by atoms with E-state index in [0.717, 1.165) is 14.9 Å². The van der Waals surface area contributed by atoms with Gasteiger partial charge in [-0.3, -0.25) is 0 Å². The standard InChI is InChI=1S/C16H17BrOS/c1-11(2)13-4-6-14(7-5-13)19-16-8-3-12(10-18)9-15(16)17/h3-9,11,18H,10H2,1-2H3. The first kappa shape index (κ1) is 14.6. The van der Waals surface area contributed by atoms with Gasteiger partial charge in [-0.2, -0.15) is 0 Å². The third-order valence-electron chi connectivity index (χ3n) is 2.95. The maximum absolute atomic E-state index is 9.10. The van der Waals surface area contributed by atoms with Gasteiger partial charge in [0.05, 0.1) is 6.61 Å². The zero-order valence-electron chi connectivity index (χ0n) is 11.1. The molecule has 0 atom stereocenters. The number of halogens is 1. The lowest BCUT2D eigenvalue weighted by Gasteiger charge is -2.08. The summed E-state index contributed by atoms with van der Waals surface area (Å²) < 4.78 is 1.02. The Balaban J connectivity index is 2.16. The molecule has 2 aromatic carbocycles. The maximum Gasteiger partial charge on any atom is 0.0682 e. The maximum atomic E-state index is 9.10. The van der Waals surface area contributed by atoms with Crippen molar-refractivity contribution in [1.82, 2.24) is 0 Å². The minimum atomic E-state index is 0.0760. The van der Waals surface area contributed by atoms with Gasteiger partial charge in [-0.15, -0.1) is 0 Å². The van der Waals surface area contributed by atoms with E-state index >= 15 is 0 Å². The molecule has 0 aliphatic carbocycles. The second kappa shape index (κ2) is 6.60. The molecule has 19 heavy (non-hydrogen) atoms. The highest BCUT2D eigenvalue weighted by molar-refractivity contribution is 9.10. The molecule has 0 heterocycles. The summed E-state index contributed by atoms with van der Waals surface area (Å²) in [6.45, 7) is 4.48. The Bertz CT molecular complexity index is 549. The van der Waals surface area contributed by atoms with E-state index in [1.165, 1.54) is 10.5 Å². The van der Waals surface area contributed by atoms with Crippen molar-refractivity contribution in [3.05, 3.63) is 58.1 Å². The molecule has 3 heteroatoms. The second-order valence-electron chi connectivity index (χ2n) is 4.75. The number of hydrogen-bond acceptors (Lipinski definition) is 2. The van der Waals surface area contributed by atoms with Crippen LogP contribution in [0.5, 0.6) is 0 Å². The van der Waals surface area contributed by atoms with Gasteiger partial charge in [-0.1, -0.05) is 43.8 Å². The minimum Gasteiger partial charge on any atom is -0.392 e. The molecule has 0 unspecified atom stereocenters. The summed E-state index contributed by atoms with van der Waals surface area (Å²) in [4.78, 5) is 2.39. The molecule has 0 saturated carbocycles. The van der Waals surface area contributed by atoms with Crippen molar-refractivity contribution in [3.8, 4) is 0 Å². The molecule has 1 N–H and O–H groups in total. The van der Waals surface area contributed by atoms with Gasteiger partial charge >= 0.3 is 0 Å². The van der Waals surface area contributed by atoms with Crippen molar-refractivity contribution >= 4 is 27.7 Å². The summed E-state index contributed by atoms with van der Waals surface area (Å²) in [5.74, 6) is 0.564. The van der Waals surface area contributed by atoms with Gasteiger partial charge in [0.15, 0.2) is 0 Å². The molecule has 2 rings (SSSR count). The molecule has 0 aromatic heterocycles. The lowest BCUT2D eigenvalue weighted by Crippen LogP contribution is -1.86. The van der Waals surface area contributed by atoms with Crippen LogP contribution in [0.3, 0.4) is 0 Å². The minimum absolute atomic E-state index is 0.0760. The van der Waals surface area contributed by atoms with E-state index in [1.807, 2.05) is 18.2 Å². The number of aliphatic hydroxyl groups is 1. The van der Waals surface area contributed by atoms with Crippen LogP contribution in [0.1, 0.15) is 30.9 Å². The van der Waals surface area contributed by atoms with Crippen LogP contribution in [0.2, 0.25) is 0 Å². The molecule has 0 bridgehead atoms. The molecule has 0 radical (unpaired) electrons. The Kier molecular flexibility index (Phi) is 5.08. The van der Waals surface area contributed by atoms with E-state index in [2.05, 4.69) is 54.0 Å². The predicted octanol–water partition coefficient (Wildman–Crippen LogP) is 5.22. The molecule has 0 amide bonds. The number of rotatable bonds is 4. The van der Waals surface area contributed by atoms with E-state index in [1.54, 1.807) is 11.8 Å². The van der Waals surface area contributed by atoms with Gasteiger partial charge in [0.2, 0.25) is 0 Å². The zero-order valence-corrected chi connectivity index (χ0v) is 13.5. The third kappa shape index (κ3) is 3.85. The van der Waals surface area contributed by atoms with Crippen molar-refractivity contribution in [2.75, 3.05) is 0 Å². The molecular weight excluding hydrogens is 320 g/mol. The lowest BCUT2D eigenvalue weighted by atomic mass is 10.0. The summed E-state index contributed by atoms with van der Waals surface area (Å²) in [5, 5.41) is 9.10. The predicted molar refractivity (Wildman–Crippen MR) is 84.7 cm³/mol. The average Bonchev–Trinajstić information content (AvgIpc) is 2.41. The Morgan fingerprint density at radius 3 is 2.32 bits per heavy atom. The highest BCUT2D eigenvalue weighted by Crippen LogP contribution is 2.34. The molecule has 0 fully saturated rings. The number of hydrogen-bond donors (Lipinski definition) is 1. The zero-order chi connectivity index (χ0) is 13.8. The van der Waals surface area contributed by atoms with Gasteiger partial charge in [0, 0.05) is 14.3 Å².